The van der Waals surface area contributed by atoms with Crippen molar-refractivity contribution in [2.24, 2.45) is 0 Å². The first-order valence-corrected chi connectivity index (χ1v) is 4.90. The fourth-order valence-electron chi connectivity index (χ4n) is 1.27. The van der Waals surface area contributed by atoms with Crippen molar-refractivity contribution in [3.8, 4) is 5.75 Å². The zero-order valence-electron chi connectivity index (χ0n) is 9.36. The number of aliphatic hydroxyl groups is 1. The molecule has 2 atom stereocenters. The Kier molecular flexibility index (Phi) is 4.36. The van der Waals surface area contributed by atoms with Gasteiger partial charge in [0, 0.05) is 7.11 Å². The highest BCUT2D eigenvalue weighted by Gasteiger charge is 2.31. The molecule has 2 unspecified atom stereocenters. The van der Waals surface area contributed by atoms with E-state index in [1.165, 1.54) is 19.2 Å². The first-order valence-electron chi connectivity index (χ1n) is 4.90. The van der Waals surface area contributed by atoms with E-state index in [4.69, 9.17) is 4.74 Å². The minimum atomic E-state index is -4.71. The first kappa shape index (κ1) is 13.8. The van der Waals surface area contributed by atoms with Gasteiger partial charge in [0.1, 0.15) is 11.9 Å². The van der Waals surface area contributed by atoms with Crippen molar-refractivity contribution >= 4 is 0 Å². The molecule has 3 nitrogen and oxygen atoms in total. The van der Waals surface area contributed by atoms with E-state index in [-0.39, 0.29) is 5.75 Å². The molecule has 0 spiro atoms. The average molecular weight is 250 g/mol. The highest BCUT2D eigenvalue weighted by molar-refractivity contribution is 5.29. The summed E-state index contributed by atoms with van der Waals surface area (Å²) in [5.74, 6) is -0.321. The molecule has 6 heteroatoms. The molecule has 0 aliphatic carbocycles. The summed E-state index contributed by atoms with van der Waals surface area (Å²) in [5.41, 5.74) is 0.467. The molecule has 0 saturated heterocycles. The van der Waals surface area contributed by atoms with Gasteiger partial charge in [-0.2, -0.15) is 0 Å². The quantitative estimate of drug-likeness (QED) is 0.892. The third-order valence-electron chi connectivity index (χ3n) is 2.27. The van der Waals surface area contributed by atoms with Gasteiger partial charge >= 0.3 is 6.36 Å². The van der Waals surface area contributed by atoms with Crippen molar-refractivity contribution in [1.29, 1.82) is 0 Å². The molecular formula is C11H13F3O3. The number of benzene rings is 1. The minimum absolute atomic E-state index is 0.321. The van der Waals surface area contributed by atoms with Gasteiger partial charge in [-0.25, -0.2) is 0 Å². The van der Waals surface area contributed by atoms with Crippen LogP contribution in [0.5, 0.6) is 5.75 Å². The summed E-state index contributed by atoms with van der Waals surface area (Å²) in [6.07, 6.45) is -6.04. The predicted molar refractivity (Wildman–Crippen MR) is 54.6 cm³/mol. The summed E-state index contributed by atoms with van der Waals surface area (Å²) in [6.45, 7) is 1.66. The van der Waals surface area contributed by atoms with Gasteiger partial charge in [0.25, 0.3) is 0 Å². The van der Waals surface area contributed by atoms with Crippen LogP contribution in [0.25, 0.3) is 0 Å². The third kappa shape index (κ3) is 4.24. The fraction of sp³-hybridized carbons (Fsp3) is 0.455. The summed E-state index contributed by atoms with van der Waals surface area (Å²) >= 11 is 0. The molecule has 96 valence electrons. The largest absolute Gasteiger partial charge is 0.573 e. The highest BCUT2D eigenvalue weighted by atomic mass is 19.4. The number of hydrogen-bond acceptors (Lipinski definition) is 3. The van der Waals surface area contributed by atoms with E-state index >= 15 is 0 Å². The molecular weight excluding hydrogens is 237 g/mol. The van der Waals surface area contributed by atoms with Gasteiger partial charge in [-0.15, -0.1) is 13.2 Å². The zero-order valence-corrected chi connectivity index (χ0v) is 9.36. The van der Waals surface area contributed by atoms with Gasteiger partial charge in [-0.1, -0.05) is 12.1 Å². The minimum Gasteiger partial charge on any atom is -0.406 e. The van der Waals surface area contributed by atoms with Crippen LogP contribution in [-0.2, 0) is 4.74 Å². The molecule has 0 fully saturated rings. The van der Waals surface area contributed by atoms with Crippen LogP contribution in [0.4, 0.5) is 13.2 Å². The lowest BCUT2D eigenvalue weighted by atomic mass is 10.1. The van der Waals surface area contributed by atoms with Gasteiger partial charge in [0.15, 0.2) is 0 Å². The molecule has 0 radical (unpaired) electrons. The molecule has 0 saturated carbocycles. The van der Waals surface area contributed by atoms with Crippen LogP contribution < -0.4 is 4.74 Å². The number of hydrogen-bond donors (Lipinski definition) is 1. The van der Waals surface area contributed by atoms with Crippen LogP contribution in [0.1, 0.15) is 18.6 Å². The molecule has 0 aromatic heterocycles. The molecule has 17 heavy (non-hydrogen) atoms. The van der Waals surface area contributed by atoms with Gasteiger partial charge in [-0.05, 0) is 24.6 Å². The van der Waals surface area contributed by atoms with E-state index in [9.17, 15) is 18.3 Å². The molecule has 0 heterocycles. The lowest BCUT2D eigenvalue weighted by molar-refractivity contribution is -0.274. The summed E-state index contributed by atoms with van der Waals surface area (Å²) in [7, 11) is 1.44. The maximum atomic E-state index is 11.9. The van der Waals surface area contributed by atoms with Crippen molar-refractivity contribution in [3.05, 3.63) is 29.8 Å². The van der Waals surface area contributed by atoms with E-state index in [0.717, 1.165) is 12.1 Å². The maximum absolute atomic E-state index is 11.9. The van der Waals surface area contributed by atoms with Crippen LogP contribution >= 0.6 is 0 Å². The monoisotopic (exact) mass is 250 g/mol. The summed E-state index contributed by atoms with van der Waals surface area (Å²) in [4.78, 5) is 0. The number of alkyl halides is 3. The number of methoxy groups -OCH3 is 1. The average Bonchev–Trinajstić information content (AvgIpc) is 2.26. The Hall–Kier alpha value is -1.27. The van der Waals surface area contributed by atoms with Crippen LogP contribution in [0.2, 0.25) is 0 Å². The maximum Gasteiger partial charge on any atom is 0.573 e. The number of ether oxygens (including phenoxy) is 2. The summed E-state index contributed by atoms with van der Waals surface area (Å²) in [6, 6.07) is 5.02. The van der Waals surface area contributed by atoms with E-state index in [2.05, 4.69) is 4.74 Å². The number of halogens is 3. The van der Waals surface area contributed by atoms with Crippen molar-refractivity contribution in [3.63, 3.8) is 0 Å². The topological polar surface area (TPSA) is 38.7 Å². The second-order valence-electron chi connectivity index (χ2n) is 3.50. The Balaban J connectivity index is 2.74. The number of aliphatic hydroxyl groups excluding tert-OH is 1. The first-order chi connectivity index (χ1) is 7.83. The lowest BCUT2D eigenvalue weighted by Crippen LogP contribution is -2.18. The van der Waals surface area contributed by atoms with Crippen LogP contribution in [-0.4, -0.2) is 24.7 Å². The van der Waals surface area contributed by atoms with Gasteiger partial charge < -0.3 is 14.6 Å². The molecule has 0 bridgehead atoms. The van der Waals surface area contributed by atoms with Gasteiger partial charge in [0.2, 0.25) is 0 Å². The molecule has 0 amide bonds. The normalized spacial score (nSPS) is 15.4. The van der Waals surface area contributed by atoms with E-state index in [1.807, 2.05) is 0 Å². The van der Waals surface area contributed by atoms with E-state index < -0.39 is 18.6 Å². The smallest absolute Gasteiger partial charge is 0.406 e. The third-order valence-corrected chi connectivity index (χ3v) is 2.27. The SMILES string of the molecule is COC(C)C(O)c1ccc(OC(F)(F)F)cc1. The van der Waals surface area contributed by atoms with Crippen molar-refractivity contribution in [2.45, 2.75) is 25.5 Å². The molecule has 0 aliphatic heterocycles. The van der Waals surface area contributed by atoms with Crippen molar-refractivity contribution in [1.82, 2.24) is 0 Å². The second-order valence-corrected chi connectivity index (χ2v) is 3.50. The van der Waals surface area contributed by atoms with E-state index in [0.29, 0.717) is 5.56 Å². The van der Waals surface area contributed by atoms with Crippen molar-refractivity contribution < 1.29 is 27.8 Å². The molecule has 1 rings (SSSR count). The van der Waals surface area contributed by atoms with Crippen LogP contribution in [0, 0.1) is 0 Å². The predicted octanol–water partition coefficient (Wildman–Crippen LogP) is 2.65. The molecule has 0 aliphatic rings. The van der Waals surface area contributed by atoms with Gasteiger partial charge in [-0.3, -0.25) is 0 Å². The summed E-state index contributed by atoms with van der Waals surface area (Å²) < 4.78 is 44.3. The highest BCUT2D eigenvalue weighted by Crippen LogP contribution is 2.25. The van der Waals surface area contributed by atoms with E-state index in [1.54, 1.807) is 6.92 Å². The number of rotatable bonds is 4. The molecule has 1 aromatic rings. The van der Waals surface area contributed by atoms with Crippen molar-refractivity contribution in [2.75, 3.05) is 7.11 Å². The Labute approximate surface area is 96.8 Å². The zero-order chi connectivity index (χ0) is 13.1. The summed E-state index contributed by atoms with van der Waals surface area (Å²) in [5, 5.41) is 9.72. The standard InChI is InChI=1S/C11H13F3O3/c1-7(16-2)10(15)8-3-5-9(6-4-8)17-11(12,13)14/h3-7,10,15H,1-2H3. The Morgan fingerprint density at radius 3 is 2.12 bits per heavy atom. The van der Waals surface area contributed by atoms with Gasteiger partial charge in [0.05, 0.1) is 6.10 Å². The lowest BCUT2D eigenvalue weighted by Gasteiger charge is -2.18. The Morgan fingerprint density at radius 1 is 1.18 bits per heavy atom. The Morgan fingerprint density at radius 2 is 1.71 bits per heavy atom. The second kappa shape index (κ2) is 5.37. The fourth-order valence-corrected chi connectivity index (χ4v) is 1.27. The molecule has 1 aromatic carbocycles. The molecule has 1 N–H and O–H groups in total. The van der Waals surface area contributed by atoms with Crippen LogP contribution in [0.3, 0.4) is 0 Å². The Bertz CT molecular complexity index is 348. The van der Waals surface area contributed by atoms with Crippen LogP contribution in [0.15, 0.2) is 24.3 Å².